The predicted molar refractivity (Wildman–Crippen MR) is 150 cm³/mol. The number of likely N-dealkylation sites (tertiary alicyclic amines) is 1. The number of aromatic nitrogens is 3. The minimum absolute atomic E-state index is 0.0704. The van der Waals surface area contributed by atoms with Crippen molar-refractivity contribution in [1.29, 1.82) is 0 Å². The first-order valence-corrected chi connectivity index (χ1v) is 15.2. The highest BCUT2D eigenvalue weighted by atomic mass is 32.2. The summed E-state index contributed by atoms with van der Waals surface area (Å²) in [5, 5.41) is 3.17. The average Bonchev–Trinajstić information content (AvgIpc) is 3.43. The number of anilines is 3. The highest BCUT2D eigenvalue weighted by Gasteiger charge is 2.42. The van der Waals surface area contributed by atoms with Crippen molar-refractivity contribution < 1.29 is 18.0 Å². The van der Waals surface area contributed by atoms with Gasteiger partial charge in [-0.3, -0.25) is 9.69 Å². The quantitative estimate of drug-likeness (QED) is 0.431. The third-order valence-corrected chi connectivity index (χ3v) is 10.5. The molecule has 6 heterocycles. The van der Waals surface area contributed by atoms with Crippen LogP contribution < -0.4 is 10.2 Å². The molecule has 3 fully saturated rings. The molecule has 40 heavy (non-hydrogen) atoms. The van der Waals surface area contributed by atoms with E-state index in [1.807, 2.05) is 12.1 Å². The molecule has 2 atom stereocenters. The first-order chi connectivity index (χ1) is 19.2. The molecule has 13 heteroatoms. The second-order valence-corrected chi connectivity index (χ2v) is 13.2. The first kappa shape index (κ1) is 26.0. The number of amides is 1. The molecule has 210 valence electrons. The van der Waals surface area contributed by atoms with Crippen molar-refractivity contribution in [2.45, 2.75) is 48.3 Å². The van der Waals surface area contributed by atoms with E-state index in [1.54, 1.807) is 18.0 Å². The van der Waals surface area contributed by atoms with E-state index < -0.39 is 11.7 Å². The molecule has 3 aromatic rings. The molecule has 1 N–H and O–H groups in total. The number of thiophene rings is 1. The van der Waals surface area contributed by atoms with Gasteiger partial charge in [-0.05, 0) is 44.5 Å². The van der Waals surface area contributed by atoms with Crippen LogP contribution in [-0.2, 0) is 6.18 Å². The van der Waals surface area contributed by atoms with Crippen LogP contribution in [0.5, 0.6) is 0 Å². The number of rotatable bonds is 5. The second kappa shape index (κ2) is 9.59. The maximum absolute atomic E-state index is 14.0. The molecule has 2 unspecified atom stereocenters. The van der Waals surface area contributed by atoms with E-state index >= 15 is 0 Å². The number of piperazine rings is 1. The number of fused-ring (bicyclic) bond motifs is 3. The summed E-state index contributed by atoms with van der Waals surface area (Å²) >= 11 is 2.52. The molecule has 3 aliphatic heterocycles. The lowest BCUT2D eigenvalue weighted by Gasteiger charge is -2.33. The lowest BCUT2D eigenvalue weighted by atomic mass is 10.2. The van der Waals surface area contributed by atoms with Crippen molar-refractivity contribution >= 4 is 46.5 Å². The van der Waals surface area contributed by atoms with Crippen LogP contribution in [0.1, 0.15) is 46.1 Å². The summed E-state index contributed by atoms with van der Waals surface area (Å²) in [6.45, 7) is 2.57. The SMILES string of the molecule is CN1CCSc2cc(-c3nc(Nc4ccc(N5CC6CC5CN6C)nc4C4CC4)ncc3C(F)(F)F)sc2C1=O. The van der Waals surface area contributed by atoms with Gasteiger partial charge in [0.05, 0.1) is 22.0 Å². The predicted octanol–water partition coefficient (Wildman–Crippen LogP) is 5.31. The lowest BCUT2D eigenvalue weighted by Crippen LogP contribution is -2.44. The van der Waals surface area contributed by atoms with Gasteiger partial charge in [-0.2, -0.15) is 13.2 Å². The molecule has 1 saturated carbocycles. The van der Waals surface area contributed by atoms with Crippen LogP contribution in [0.4, 0.5) is 30.6 Å². The van der Waals surface area contributed by atoms with Gasteiger partial charge in [0.25, 0.3) is 5.91 Å². The van der Waals surface area contributed by atoms with Gasteiger partial charge in [0.15, 0.2) is 0 Å². The van der Waals surface area contributed by atoms with Crippen LogP contribution >= 0.6 is 23.1 Å². The third-order valence-electron chi connectivity index (χ3n) is 8.18. The molecule has 1 amide bonds. The first-order valence-electron chi connectivity index (χ1n) is 13.4. The smallest absolute Gasteiger partial charge is 0.351 e. The number of halogens is 3. The van der Waals surface area contributed by atoms with Crippen LogP contribution in [0.15, 0.2) is 29.3 Å². The number of likely N-dealkylation sites (N-methyl/N-ethyl adjacent to an activating group) is 1. The Morgan fingerprint density at radius 2 is 1.93 bits per heavy atom. The molecular weight excluding hydrogens is 559 g/mol. The largest absolute Gasteiger partial charge is 0.420 e. The Labute approximate surface area is 238 Å². The summed E-state index contributed by atoms with van der Waals surface area (Å²) in [6.07, 6.45) is -0.618. The molecule has 8 nitrogen and oxygen atoms in total. The van der Waals surface area contributed by atoms with E-state index in [9.17, 15) is 18.0 Å². The molecular formula is C27H28F3N7OS2. The second-order valence-electron chi connectivity index (χ2n) is 11.0. The number of pyridine rings is 1. The summed E-state index contributed by atoms with van der Waals surface area (Å²) in [5.74, 6) is 1.83. The Morgan fingerprint density at radius 3 is 2.62 bits per heavy atom. The van der Waals surface area contributed by atoms with E-state index in [2.05, 4.69) is 32.1 Å². The van der Waals surface area contributed by atoms with Crippen LogP contribution in [0.25, 0.3) is 10.6 Å². The molecule has 4 aliphatic rings. The van der Waals surface area contributed by atoms with Crippen molar-refractivity contribution in [2.75, 3.05) is 49.7 Å². The van der Waals surface area contributed by atoms with Crippen molar-refractivity contribution in [3.05, 3.63) is 40.5 Å². The fourth-order valence-electron chi connectivity index (χ4n) is 5.82. The van der Waals surface area contributed by atoms with Gasteiger partial charge in [-0.25, -0.2) is 15.0 Å². The van der Waals surface area contributed by atoms with Gasteiger partial charge >= 0.3 is 6.18 Å². The number of alkyl halides is 3. The minimum Gasteiger partial charge on any atom is -0.351 e. The van der Waals surface area contributed by atoms with Gasteiger partial charge < -0.3 is 15.1 Å². The fraction of sp³-hybridized carbons (Fsp3) is 0.481. The van der Waals surface area contributed by atoms with E-state index in [-0.39, 0.29) is 17.5 Å². The van der Waals surface area contributed by atoms with Crippen LogP contribution in [-0.4, -0.2) is 82.2 Å². The summed E-state index contributed by atoms with van der Waals surface area (Å²) in [4.78, 5) is 34.0. The maximum atomic E-state index is 14.0. The zero-order valence-electron chi connectivity index (χ0n) is 22.0. The summed E-state index contributed by atoms with van der Waals surface area (Å²) in [7, 11) is 3.87. The number of nitrogens with one attached hydrogen (secondary N) is 1. The lowest BCUT2D eigenvalue weighted by molar-refractivity contribution is -0.137. The Kier molecular flexibility index (Phi) is 6.24. The van der Waals surface area contributed by atoms with Gasteiger partial charge in [-0.15, -0.1) is 23.1 Å². The third kappa shape index (κ3) is 4.61. The topological polar surface area (TPSA) is 77.5 Å². The van der Waals surface area contributed by atoms with Crippen LogP contribution in [0.3, 0.4) is 0 Å². The summed E-state index contributed by atoms with van der Waals surface area (Å²) in [6, 6.07) is 6.59. The maximum Gasteiger partial charge on any atom is 0.420 e. The number of hydrogen-bond acceptors (Lipinski definition) is 9. The van der Waals surface area contributed by atoms with Gasteiger partial charge in [0.1, 0.15) is 16.3 Å². The highest BCUT2D eigenvalue weighted by Crippen LogP contribution is 2.46. The van der Waals surface area contributed by atoms with E-state index in [1.165, 1.54) is 11.8 Å². The number of nitrogens with zero attached hydrogens (tertiary/aromatic N) is 6. The zero-order chi connectivity index (χ0) is 27.8. The molecule has 2 saturated heterocycles. The van der Waals surface area contributed by atoms with Crippen molar-refractivity contribution in [2.24, 2.45) is 0 Å². The summed E-state index contributed by atoms with van der Waals surface area (Å²) in [5.41, 5.74) is 0.471. The molecule has 0 spiro atoms. The minimum atomic E-state index is -4.64. The number of hydrogen-bond donors (Lipinski definition) is 1. The van der Waals surface area contributed by atoms with Crippen molar-refractivity contribution in [3.63, 3.8) is 0 Å². The van der Waals surface area contributed by atoms with E-state index in [0.717, 1.165) is 61.4 Å². The molecule has 0 aromatic carbocycles. The van der Waals surface area contributed by atoms with E-state index in [4.69, 9.17) is 4.98 Å². The number of thioether (sulfide) groups is 1. The monoisotopic (exact) mass is 587 g/mol. The van der Waals surface area contributed by atoms with Gasteiger partial charge in [0, 0.05) is 61.5 Å². The zero-order valence-corrected chi connectivity index (χ0v) is 23.7. The van der Waals surface area contributed by atoms with Gasteiger partial charge in [-0.1, -0.05) is 0 Å². The molecule has 2 bridgehead atoms. The van der Waals surface area contributed by atoms with Crippen LogP contribution in [0, 0.1) is 0 Å². The highest BCUT2D eigenvalue weighted by molar-refractivity contribution is 7.99. The van der Waals surface area contributed by atoms with Crippen LogP contribution in [0.2, 0.25) is 0 Å². The molecule has 0 radical (unpaired) electrons. The van der Waals surface area contributed by atoms with Gasteiger partial charge in [0.2, 0.25) is 5.95 Å². The molecule has 3 aromatic heterocycles. The molecule has 7 rings (SSSR count). The summed E-state index contributed by atoms with van der Waals surface area (Å²) < 4.78 is 42.1. The normalized spacial score (nSPS) is 23.1. The average molecular weight is 588 g/mol. The van der Waals surface area contributed by atoms with Crippen molar-refractivity contribution in [1.82, 2.24) is 24.8 Å². The fourth-order valence-corrected chi connectivity index (χ4v) is 8.25. The number of carbonyl (C=O) groups is 1. The Morgan fingerprint density at radius 1 is 1.10 bits per heavy atom. The van der Waals surface area contributed by atoms with E-state index in [0.29, 0.717) is 50.6 Å². The van der Waals surface area contributed by atoms with Crippen molar-refractivity contribution in [3.8, 4) is 10.6 Å². The number of carbonyl (C=O) groups excluding carboxylic acids is 1. The standard InChI is InChI=1S/C27H28F3N7OS2/c1-35-7-8-39-20-10-19(40-24(20)25(35)38)23-17(27(28,29)30)11-31-26(34-23)32-18-5-6-21(33-22(18)14-3-4-14)37-13-15-9-16(37)12-36(15)2/h5-6,10-11,14-16H,3-4,7-9,12-13H2,1-2H3,(H,31,32,34). The Bertz CT molecular complexity index is 1490. The Balaban J connectivity index is 1.22. The molecule has 1 aliphatic carbocycles. The Hall–Kier alpha value is -2.90.